The minimum absolute atomic E-state index is 0.290. The van der Waals surface area contributed by atoms with E-state index in [1.54, 1.807) is 0 Å². The van der Waals surface area contributed by atoms with Gasteiger partial charge in [-0.05, 0) is 11.8 Å². The van der Waals surface area contributed by atoms with E-state index in [-0.39, 0.29) is 11.6 Å². The molecule has 1 unspecified atom stereocenters. The van der Waals surface area contributed by atoms with E-state index in [0.717, 1.165) is 0 Å². The first-order valence-corrected chi connectivity index (χ1v) is 6.22. The van der Waals surface area contributed by atoms with E-state index in [4.69, 9.17) is 25.6 Å². The van der Waals surface area contributed by atoms with Crippen molar-refractivity contribution in [3.05, 3.63) is 0 Å². The maximum Gasteiger partial charge on any atom is 0.318 e. The summed E-state index contributed by atoms with van der Waals surface area (Å²) < 4.78 is 14.9. The lowest BCUT2D eigenvalue weighted by atomic mass is 10.4. The Morgan fingerprint density at radius 1 is 1.58 bits per heavy atom. The number of cyclic esters (lactones) is 1. The van der Waals surface area contributed by atoms with E-state index in [0.29, 0.717) is 13.0 Å². The Kier molecular flexibility index (Phi) is 3.23. The van der Waals surface area contributed by atoms with Crippen molar-refractivity contribution < 1.29 is 18.6 Å². The van der Waals surface area contributed by atoms with Crippen LogP contribution in [0.5, 0.6) is 0 Å². The fraction of sp³-hybridized carbons (Fsp3) is 0.833. The van der Waals surface area contributed by atoms with E-state index in [2.05, 4.69) is 0 Å². The zero-order valence-corrected chi connectivity index (χ0v) is 8.69. The molecule has 1 aliphatic heterocycles. The first-order chi connectivity index (χ1) is 5.64. The minimum Gasteiger partial charge on any atom is -0.465 e. The summed E-state index contributed by atoms with van der Waals surface area (Å²) in [5, 5.41) is 0. The van der Waals surface area contributed by atoms with E-state index >= 15 is 0 Å². The van der Waals surface area contributed by atoms with Crippen molar-refractivity contribution in [2.75, 3.05) is 20.8 Å². The summed E-state index contributed by atoms with van der Waals surface area (Å²) in [6.07, 6.45) is 0.609. The molecule has 1 heterocycles. The molecular formula is C6H11O4PS. The highest BCUT2D eigenvalue weighted by atomic mass is 32.5. The lowest BCUT2D eigenvalue weighted by Gasteiger charge is -2.20. The normalized spacial score (nSPS) is 24.2. The van der Waals surface area contributed by atoms with Gasteiger partial charge in [-0.1, -0.05) is 0 Å². The van der Waals surface area contributed by atoms with Gasteiger partial charge in [0.05, 0.1) is 6.61 Å². The van der Waals surface area contributed by atoms with Crippen molar-refractivity contribution in [1.82, 2.24) is 0 Å². The van der Waals surface area contributed by atoms with Crippen molar-refractivity contribution >= 4 is 24.3 Å². The van der Waals surface area contributed by atoms with Gasteiger partial charge in [0, 0.05) is 20.6 Å². The molecule has 0 bridgehead atoms. The SMILES string of the molecule is COP(=S)(OC)C1CCOC1=O. The Balaban J connectivity index is 2.79. The van der Waals surface area contributed by atoms with Crippen LogP contribution in [-0.4, -0.2) is 32.5 Å². The molecule has 0 aromatic carbocycles. The van der Waals surface area contributed by atoms with Gasteiger partial charge in [-0.2, -0.15) is 0 Å². The molecule has 0 saturated carbocycles. The van der Waals surface area contributed by atoms with Crippen LogP contribution in [0, 0.1) is 0 Å². The molecule has 1 aliphatic rings. The molecule has 0 amide bonds. The average molecular weight is 210 g/mol. The summed E-state index contributed by atoms with van der Waals surface area (Å²) in [5.41, 5.74) is -0.373. The highest BCUT2D eigenvalue weighted by molar-refractivity contribution is 8.10. The fourth-order valence-electron chi connectivity index (χ4n) is 1.10. The molecule has 1 fully saturated rings. The van der Waals surface area contributed by atoms with Crippen LogP contribution in [0.25, 0.3) is 0 Å². The standard InChI is InChI=1S/C6H11O4PS/c1-8-11(12,9-2)5-3-4-10-6(5)7/h5H,3-4H2,1-2H3. The van der Waals surface area contributed by atoms with Crippen LogP contribution < -0.4 is 0 Å². The third-order valence-corrected chi connectivity index (χ3v) is 5.71. The second-order valence-corrected chi connectivity index (χ2v) is 6.34. The van der Waals surface area contributed by atoms with Gasteiger partial charge in [-0.25, -0.2) is 0 Å². The molecule has 0 radical (unpaired) electrons. The molecule has 4 nitrogen and oxygen atoms in total. The molecule has 6 heteroatoms. The Labute approximate surface area is 76.4 Å². The van der Waals surface area contributed by atoms with Gasteiger partial charge in [0.25, 0.3) is 0 Å². The number of rotatable bonds is 3. The van der Waals surface area contributed by atoms with Gasteiger partial charge >= 0.3 is 5.97 Å². The third-order valence-electron chi connectivity index (χ3n) is 1.80. The van der Waals surface area contributed by atoms with Gasteiger partial charge < -0.3 is 13.8 Å². The predicted octanol–water partition coefficient (Wildman–Crippen LogP) is 0.904. The van der Waals surface area contributed by atoms with E-state index in [1.807, 2.05) is 0 Å². The Morgan fingerprint density at radius 2 is 2.17 bits per heavy atom. The predicted molar refractivity (Wildman–Crippen MR) is 47.7 cm³/mol. The monoisotopic (exact) mass is 210 g/mol. The molecule has 1 saturated heterocycles. The second kappa shape index (κ2) is 3.83. The molecule has 1 rings (SSSR count). The lowest BCUT2D eigenvalue weighted by Crippen LogP contribution is -2.16. The van der Waals surface area contributed by atoms with Crippen LogP contribution in [0.4, 0.5) is 0 Å². The average Bonchev–Trinajstić information content (AvgIpc) is 2.51. The topological polar surface area (TPSA) is 44.8 Å². The molecule has 0 N–H and O–H groups in total. The van der Waals surface area contributed by atoms with E-state index < -0.39 is 6.49 Å². The van der Waals surface area contributed by atoms with Crippen LogP contribution >= 0.6 is 6.49 Å². The number of esters is 1. The van der Waals surface area contributed by atoms with Gasteiger partial charge in [0.15, 0.2) is 0 Å². The largest absolute Gasteiger partial charge is 0.465 e. The molecule has 1 atom stereocenters. The molecule has 0 spiro atoms. The zero-order chi connectivity index (χ0) is 9.19. The summed E-state index contributed by atoms with van der Waals surface area (Å²) in [5.74, 6) is -0.290. The number of ether oxygens (including phenoxy) is 1. The molecule has 0 aromatic heterocycles. The third kappa shape index (κ3) is 1.69. The van der Waals surface area contributed by atoms with Crippen molar-refractivity contribution in [2.45, 2.75) is 12.1 Å². The first kappa shape index (κ1) is 10.1. The number of hydrogen-bond acceptors (Lipinski definition) is 5. The van der Waals surface area contributed by atoms with Crippen LogP contribution in [0.3, 0.4) is 0 Å². The highest BCUT2D eigenvalue weighted by Crippen LogP contribution is 2.54. The van der Waals surface area contributed by atoms with Crippen molar-refractivity contribution in [3.8, 4) is 0 Å². The van der Waals surface area contributed by atoms with Crippen molar-refractivity contribution in [3.63, 3.8) is 0 Å². The summed E-state index contributed by atoms with van der Waals surface area (Å²) >= 11 is 5.11. The summed E-state index contributed by atoms with van der Waals surface area (Å²) in [6, 6.07) is 0. The lowest BCUT2D eigenvalue weighted by molar-refractivity contribution is -0.137. The maximum atomic E-state index is 11.1. The Morgan fingerprint density at radius 3 is 2.50 bits per heavy atom. The highest BCUT2D eigenvalue weighted by Gasteiger charge is 2.40. The molecule has 0 aliphatic carbocycles. The van der Waals surface area contributed by atoms with Crippen LogP contribution in [0.1, 0.15) is 6.42 Å². The van der Waals surface area contributed by atoms with E-state index in [9.17, 15) is 4.79 Å². The summed E-state index contributed by atoms with van der Waals surface area (Å²) in [6.45, 7) is -2.00. The molecule has 0 aromatic rings. The number of carbonyl (C=O) groups excluding carboxylic acids is 1. The molecule has 12 heavy (non-hydrogen) atoms. The first-order valence-electron chi connectivity index (χ1n) is 3.52. The number of carbonyl (C=O) groups is 1. The molecular weight excluding hydrogens is 199 g/mol. The van der Waals surface area contributed by atoms with Crippen molar-refractivity contribution in [1.29, 1.82) is 0 Å². The van der Waals surface area contributed by atoms with Crippen molar-refractivity contribution in [2.24, 2.45) is 0 Å². The Hall–Kier alpha value is 0.0400. The smallest absolute Gasteiger partial charge is 0.318 e. The van der Waals surface area contributed by atoms with Crippen LogP contribution in [-0.2, 0) is 30.4 Å². The second-order valence-electron chi connectivity index (χ2n) is 2.38. The van der Waals surface area contributed by atoms with Gasteiger partial charge in [-0.3, -0.25) is 4.79 Å². The van der Waals surface area contributed by atoms with Crippen LogP contribution in [0.15, 0.2) is 0 Å². The minimum atomic E-state index is -2.43. The number of hydrogen-bond donors (Lipinski definition) is 0. The van der Waals surface area contributed by atoms with Gasteiger partial charge in [-0.15, -0.1) is 0 Å². The zero-order valence-electron chi connectivity index (χ0n) is 6.98. The summed E-state index contributed by atoms with van der Waals surface area (Å²) in [4.78, 5) is 11.1. The van der Waals surface area contributed by atoms with Gasteiger partial charge in [0.1, 0.15) is 5.66 Å². The molecule has 70 valence electrons. The maximum absolute atomic E-state index is 11.1. The quantitative estimate of drug-likeness (QED) is 0.511. The van der Waals surface area contributed by atoms with E-state index in [1.165, 1.54) is 14.2 Å². The van der Waals surface area contributed by atoms with Gasteiger partial charge in [0.2, 0.25) is 6.49 Å². The fourth-order valence-corrected chi connectivity index (χ4v) is 3.09. The Bertz CT molecular complexity index is 222. The van der Waals surface area contributed by atoms with Crippen LogP contribution in [0.2, 0.25) is 0 Å². The summed E-state index contributed by atoms with van der Waals surface area (Å²) in [7, 11) is 2.94.